The number of nitrogens with one attached hydrogen (secondary N) is 4. The van der Waals surface area contributed by atoms with Gasteiger partial charge in [-0.3, -0.25) is 24.7 Å². The zero-order chi connectivity index (χ0) is 41.4. The van der Waals surface area contributed by atoms with Crippen molar-refractivity contribution in [3.05, 3.63) is 83.3 Å². The molecule has 6 N–H and O–H groups in total. The molecule has 8 rings (SSSR count). The normalized spacial score (nSPS) is 19.9. The molecule has 2 aromatic carbocycles. The highest BCUT2D eigenvalue weighted by molar-refractivity contribution is 6.13. The lowest BCUT2D eigenvalue weighted by Crippen LogP contribution is -2.52. The molecule has 14 heteroatoms. The molecule has 5 heterocycles. The van der Waals surface area contributed by atoms with Gasteiger partial charge in [0.15, 0.2) is 0 Å². The lowest BCUT2D eigenvalue weighted by Gasteiger charge is -2.32. The zero-order valence-corrected chi connectivity index (χ0v) is 34.2. The average molecular weight is 810 g/mol. The van der Waals surface area contributed by atoms with Crippen molar-refractivity contribution >= 4 is 57.9 Å². The number of hydrogen-bond acceptors (Lipinski definition) is 11. The van der Waals surface area contributed by atoms with E-state index in [2.05, 4.69) is 56.2 Å². The van der Waals surface area contributed by atoms with E-state index < -0.39 is 6.04 Å². The standard InChI is InChI=1S/C46H55N11O3/c47-21-17-37(32-7-2-3-8-32)51-28-34(27-48)42-36-18-23-50-43(36)55-46(54-42)52-35-13-11-30(12-14-35)31-19-25-56(26-20-31)24-5-1-4-22-49-38-10-6-9-33-29-57(45(60)41(33)38)39-15-16-40(58)53-44(39)59/h6,9-14,18,23,27-28,31-32,37,39,49H,1-5,7-8,15-17,19-20,22,24-26,29,48H2,(H,53,58,59)(H2,50,52,54,55)/b34-27+,51-28?. The SMILES string of the molecule is N#CCC(N=C/C(=C\N)c1nc(Nc2ccc(C3CCN(CCCCCNc4cccc5c4C(=O)N(C4CCC(=O)NC4=O)C5)CC3)cc2)nc2[nH]ccc12)C1CCCC1. The summed E-state index contributed by atoms with van der Waals surface area (Å²) in [4.78, 5) is 59.3. The lowest BCUT2D eigenvalue weighted by atomic mass is 9.89. The van der Waals surface area contributed by atoms with Crippen LogP contribution in [0.15, 0.2) is 65.9 Å². The van der Waals surface area contributed by atoms with Crippen molar-refractivity contribution in [3.63, 3.8) is 0 Å². The number of nitrogens with two attached hydrogens (primary N) is 1. The molecule has 0 spiro atoms. The zero-order valence-electron chi connectivity index (χ0n) is 34.2. The quantitative estimate of drug-likeness (QED) is 0.0458. The number of aromatic amines is 1. The van der Waals surface area contributed by atoms with Crippen LogP contribution in [0, 0.1) is 17.2 Å². The Bertz CT molecular complexity index is 2280. The second kappa shape index (κ2) is 18.9. The van der Waals surface area contributed by atoms with Gasteiger partial charge in [-0.25, -0.2) is 4.98 Å². The summed E-state index contributed by atoms with van der Waals surface area (Å²) in [7, 11) is 0. The number of anilines is 3. The largest absolute Gasteiger partial charge is 0.404 e. The minimum absolute atomic E-state index is 0.0405. The van der Waals surface area contributed by atoms with Gasteiger partial charge in [0.25, 0.3) is 5.91 Å². The van der Waals surface area contributed by atoms with E-state index in [4.69, 9.17) is 20.7 Å². The minimum Gasteiger partial charge on any atom is -0.404 e. The van der Waals surface area contributed by atoms with Crippen molar-refractivity contribution in [1.82, 2.24) is 30.1 Å². The number of likely N-dealkylation sites (tertiary alicyclic amines) is 1. The third-order valence-electron chi connectivity index (χ3n) is 12.8. The number of amides is 3. The van der Waals surface area contributed by atoms with Gasteiger partial charge >= 0.3 is 0 Å². The molecular weight excluding hydrogens is 755 g/mol. The third-order valence-corrected chi connectivity index (χ3v) is 12.8. The van der Waals surface area contributed by atoms with Gasteiger partial charge in [0.1, 0.15) is 11.7 Å². The van der Waals surface area contributed by atoms with E-state index >= 15 is 0 Å². The maximum atomic E-state index is 13.4. The Morgan fingerprint density at radius 3 is 2.58 bits per heavy atom. The number of piperidine rings is 2. The Kier molecular flexibility index (Phi) is 12.8. The van der Waals surface area contributed by atoms with Crippen LogP contribution in [0.2, 0.25) is 0 Å². The summed E-state index contributed by atoms with van der Waals surface area (Å²) in [5.74, 6) is 0.598. The van der Waals surface area contributed by atoms with E-state index in [0.717, 1.165) is 93.4 Å². The molecule has 3 fully saturated rings. The van der Waals surface area contributed by atoms with Crippen LogP contribution in [-0.4, -0.2) is 87.0 Å². The Morgan fingerprint density at radius 2 is 1.82 bits per heavy atom. The summed E-state index contributed by atoms with van der Waals surface area (Å²) in [6.45, 7) is 4.40. The van der Waals surface area contributed by atoms with Gasteiger partial charge in [0.2, 0.25) is 17.8 Å². The summed E-state index contributed by atoms with van der Waals surface area (Å²) in [5.41, 5.74) is 12.8. The monoisotopic (exact) mass is 809 g/mol. The third kappa shape index (κ3) is 9.21. The Balaban J connectivity index is 0.781. The summed E-state index contributed by atoms with van der Waals surface area (Å²) in [6.07, 6.45) is 16.2. The molecule has 2 unspecified atom stereocenters. The average Bonchev–Trinajstić information content (AvgIpc) is 4.04. The molecule has 2 aromatic heterocycles. The first-order chi connectivity index (χ1) is 29.4. The summed E-state index contributed by atoms with van der Waals surface area (Å²) >= 11 is 0. The van der Waals surface area contributed by atoms with Crippen LogP contribution in [0.5, 0.6) is 0 Å². The molecule has 3 aliphatic heterocycles. The number of allylic oxidation sites excluding steroid dienone is 1. The molecule has 14 nitrogen and oxygen atoms in total. The van der Waals surface area contributed by atoms with E-state index in [1.54, 1.807) is 11.1 Å². The number of nitrogens with zero attached hydrogens (tertiary/aromatic N) is 6. The summed E-state index contributed by atoms with van der Waals surface area (Å²) < 4.78 is 0. The summed E-state index contributed by atoms with van der Waals surface area (Å²) in [5, 5.41) is 19.6. The molecule has 3 amide bonds. The molecule has 0 bridgehead atoms. The number of rotatable bonds is 16. The first-order valence-corrected chi connectivity index (χ1v) is 21.7. The van der Waals surface area contributed by atoms with Crippen LogP contribution in [0.3, 0.4) is 0 Å². The van der Waals surface area contributed by atoms with Crippen molar-refractivity contribution in [3.8, 4) is 6.07 Å². The van der Waals surface area contributed by atoms with Gasteiger partial charge in [0, 0.05) is 60.5 Å². The number of aliphatic imine (C=N–C) groups is 1. The number of aromatic nitrogens is 3. The van der Waals surface area contributed by atoms with Gasteiger partial charge in [0.05, 0.1) is 29.8 Å². The molecule has 0 radical (unpaired) electrons. The fourth-order valence-corrected chi connectivity index (χ4v) is 9.43. The van der Waals surface area contributed by atoms with E-state index in [9.17, 15) is 19.6 Å². The summed E-state index contributed by atoms with van der Waals surface area (Å²) in [6, 6.07) is 18.1. The van der Waals surface area contributed by atoms with Crippen LogP contribution in [0.1, 0.15) is 110 Å². The Labute approximate surface area is 351 Å². The van der Waals surface area contributed by atoms with Gasteiger partial charge in [-0.1, -0.05) is 43.5 Å². The number of benzene rings is 2. The van der Waals surface area contributed by atoms with Crippen molar-refractivity contribution in [2.75, 3.05) is 36.8 Å². The first kappa shape index (κ1) is 40.7. The molecule has 2 saturated heterocycles. The van der Waals surface area contributed by atoms with Crippen LogP contribution >= 0.6 is 0 Å². The predicted octanol–water partition coefficient (Wildman–Crippen LogP) is 6.77. The molecular formula is C46H55N11O3. The molecule has 1 saturated carbocycles. The molecule has 4 aromatic rings. The molecule has 2 atom stereocenters. The van der Waals surface area contributed by atoms with Crippen molar-refractivity contribution in [2.24, 2.45) is 16.6 Å². The Morgan fingerprint density at radius 1 is 1.00 bits per heavy atom. The highest BCUT2D eigenvalue weighted by Gasteiger charge is 2.40. The second-order valence-corrected chi connectivity index (χ2v) is 16.6. The van der Waals surface area contributed by atoms with E-state index in [-0.39, 0.29) is 30.2 Å². The van der Waals surface area contributed by atoms with E-state index in [1.165, 1.54) is 24.6 Å². The number of carbonyl (C=O) groups excluding carboxylic acids is 3. The number of H-pyrrole nitrogens is 1. The Hall–Kier alpha value is -6.07. The van der Waals surface area contributed by atoms with Crippen molar-refractivity contribution < 1.29 is 14.4 Å². The van der Waals surface area contributed by atoms with Gasteiger partial charge < -0.3 is 31.2 Å². The lowest BCUT2D eigenvalue weighted by molar-refractivity contribution is -0.136. The number of unbranched alkanes of at least 4 members (excludes halogenated alkanes) is 2. The van der Waals surface area contributed by atoms with E-state index in [0.29, 0.717) is 59.6 Å². The number of carbonyl (C=O) groups is 3. The minimum atomic E-state index is -0.608. The first-order valence-electron chi connectivity index (χ1n) is 21.7. The molecule has 60 heavy (non-hydrogen) atoms. The number of imide groups is 1. The number of nitriles is 1. The van der Waals surface area contributed by atoms with Crippen LogP contribution in [0.25, 0.3) is 16.6 Å². The fourth-order valence-electron chi connectivity index (χ4n) is 9.43. The van der Waals surface area contributed by atoms with Crippen molar-refractivity contribution in [1.29, 1.82) is 5.26 Å². The number of hydrogen-bond donors (Lipinski definition) is 5. The topological polar surface area (TPSA) is 198 Å². The van der Waals surface area contributed by atoms with Crippen LogP contribution < -0.4 is 21.7 Å². The maximum absolute atomic E-state index is 13.4. The van der Waals surface area contributed by atoms with Gasteiger partial charge in [-0.2, -0.15) is 10.2 Å². The van der Waals surface area contributed by atoms with Crippen LogP contribution in [-0.2, 0) is 16.1 Å². The van der Waals surface area contributed by atoms with E-state index in [1.807, 2.05) is 30.5 Å². The maximum Gasteiger partial charge on any atom is 0.257 e. The van der Waals surface area contributed by atoms with Gasteiger partial charge in [-0.15, -0.1) is 0 Å². The van der Waals surface area contributed by atoms with Crippen LogP contribution in [0.4, 0.5) is 17.3 Å². The molecule has 4 aliphatic rings. The number of fused-ring (bicyclic) bond motifs is 2. The van der Waals surface area contributed by atoms with Crippen molar-refractivity contribution in [2.45, 2.75) is 102 Å². The molecule has 312 valence electrons. The highest BCUT2D eigenvalue weighted by atomic mass is 16.2. The van der Waals surface area contributed by atoms with Gasteiger partial charge in [-0.05, 0) is 112 Å². The smallest absolute Gasteiger partial charge is 0.257 e. The second-order valence-electron chi connectivity index (χ2n) is 16.6. The highest BCUT2D eigenvalue weighted by Crippen LogP contribution is 2.34. The fraction of sp³-hybridized carbons (Fsp3) is 0.457. The molecule has 1 aliphatic carbocycles. The predicted molar refractivity (Wildman–Crippen MR) is 233 cm³/mol.